The van der Waals surface area contributed by atoms with Crippen LogP contribution in [-0.4, -0.2) is 64.0 Å². The van der Waals surface area contributed by atoms with Crippen LogP contribution in [0.25, 0.3) is 27.5 Å². The number of ether oxygens (including phenoxy) is 3. The SMILES string of the molecule is COC(=O)C(C)(C)Nc1c(OC2CCN(C(=O)OC(C)(C)C)CC2)cc2c(nc(C(C)C)n2-c2ccc(C#N)c3ccccc23)c1C. The summed E-state index contributed by atoms with van der Waals surface area (Å²) in [5.74, 6) is 1.10. The van der Waals surface area contributed by atoms with Gasteiger partial charge in [-0.25, -0.2) is 14.6 Å². The van der Waals surface area contributed by atoms with Gasteiger partial charge in [0.15, 0.2) is 0 Å². The van der Waals surface area contributed by atoms with Crippen LogP contribution in [0.15, 0.2) is 42.5 Å². The maximum absolute atomic E-state index is 12.8. The van der Waals surface area contributed by atoms with E-state index in [0.717, 1.165) is 38.9 Å². The third-order valence-corrected chi connectivity index (χ3v) is 8.48. The largest absolute Gasteiger partial charge is 0.488 e. The minimum atomic E-state index is -1.06. The summed E-state index contributed by atoms with van der Waals surface area (Å²) < 4.78 is 19.6. The predicted molar refractivity (Wildman–Crippen MR) is 183 cm³/mol. The van der Waals surface area contributed by atoms with Gasteiger partial charge < -0.3 is 24.4 Å². The lowest BCUT2D eigenvalue weighted by molar-refractivity contribution is -0.144. The number of carbonyl (C=O) groups excluding carboxylic acids is 2. The second-order valence-electron chi connectivity index (χ2n) is 14.0. The third-order valence-electron chi connectivity index (χ3n) is 8.48. The summed E-state index contributed by atoms with van der Waals surface area (Å²) in [5.41, 5.74) is 3.01. The normalized spacial score (nSPS) is 14.4. The van der Waals surface area contributed by atoms with Gasteiger partial charge in [0, 0.05) is 54.3 Å². The maximum Gasteiger partial charge on any atom is 0.410 e. The van der Waals surface area contributed by atoms with Crippen LogP contribution < -0.4 is 10.1 Å². The van der Waals surface area contributed by atoms with Crippen molar-refractivity contribution in [3.05, 3.63) is 59.4 Å². The lowest BCUT2D eigenvalue weighted by Gasteiger charge is -2.34. The van der Waals surface area contributed by atoms with Crippen molar-refractivity contribution in [2.75, 3.05) is 25.5 Å². The van der Waals surface area contributed by atoms with Crippen LogP contribution in [0.4, 0.5) is 10.5 Å². The van der Waals surface area contributed by atoms with Crippen molar-refractivity contribution in [1.29, 1.82) is 5.26 Å². The number of hydrogen-bond donors (Lipinski definition) is 1. The van der Waals surface area contributed by atoms with Crippen molar-refractivity contribution in [3.8, 4) is 17.5 Å². The molecule has 3 aromatic carbocycles. The average molecular weight is 640 g/mol. The molecule has 1 N–H and O–H groups in total. The summed E-state index contributed by atoms with van der Waals surface area (Å²) in [6.07, 6.45) is 0.735. The Kier molecular flexibility index (Phi) is 9.13. The molecular weight excluding hydrogens is 594 g/mol. The van der Waals surface area contributed by atoms with Crippen molar-refractivity contribution in [2.24, 2.45) is 0 Å². The van der Waals surface area contributed by atoms with Crippen LogP contribution in [0.1, 0.15) is 84.2 Å². The van der Waals surface area contributed by atoms with Gasteiger partial charge in [0.25, 0.3) is 0 Å². The van der Waals surface area contributed by atoms with Crippen LogP contribution >= 0.6 is 0 Å². The molecule has 248 valence electrons. The Labute approximate surface area is 276 Å². The van der Waals surface area contributed by atoms with Crippen molar-refractivity contribution in [2.45, 2.75) is 91.4 Å². The molecule has 1 aliphatic rings. The van der Waals surface area contributed by atoms with E-state index in [2.05, 4.69) is 29.8 Å². The van der Waals surface area contributed by atoms with Gasteiger partial charge in [0.2, 0.25) is 0 Å². The van der Waals surface area contributed by atoms with Gasteiger partial charge in [-0.1, -0.05) is 38.1 Å². The second-order valence-corrected chi connectivity index (χ2v) is 14.0. The Hall–Kier alpha value is -4.78. The smallest absolute Gasteiger partial charge is 0.410 e. The van der Waals surface area contributed by atoms with E-state index in [1.54, 1.807) is 18.7 Å². The number of esters is 1. The van der Waals surface area contributed by atoms with E-state index in [-0.39, 0.29) is 18.1 Å². The zero-order chi connectivity index (χ0) is 34.3. The molecule has 0 atom stereocenters. The lowest BCUT2D eigenvalue weighted by Crippen LogP contribution is -2.44. The Balaban J connectivity index is 1.64. The van der Waals surface area contributed by atoms with Crippen LogP contribution in [0, 0.1) is 18.3 Å². The molecular formula is C37H45N5O5. The van der Waals surface area contributed by atoms with E-state index >= 15 is 0 Å². The quantitative estimate of drug-likeness (QED) is 0.205. The number of nitriles is 1. The van der Waals surface area contributed by atoms with E-state index < -0.39 is 17.1 Å². The molecule has 1 amide bonds. The molecule has 5 rings (SSSR count). The molecule has 1 aliphatic heterocycles. The van der Waals surface area contributed by atoms with E-state index in [1.807, 2.05) is 70.2 Å². The number of hydrogen-bond acceptors (Lipinski definition) is 8. The standard InChI is InChI=1S/C37H45N5O5/c1-22(2)33-39-31-23(3)32(40-37(7,8)34(43)45-9)30(46-25-16-18-41(19-17-25)35(44)47-36(4,5)6)20-29(31)42(33)28-15-14-24(21-38)26-12-10-11-13-27(26)28/h10-15,20,22,25,40H,16-19H2,1-9H3. The number of imidazole rings is 1. The first-order valence-electron chi connectivity index (χ1n) is 16.1. The zero-order valence-corrected chi connectivity index (χ0v) is 28.9. The first-order chi connectivity index (χ1) is 22.1. The van der Waals surface area contributed by atoms with Crippen LogP contribution in [-0.2, 0) is 14.3 Å². The van der Waals surface area contributed by atoms with Gasteiger partial charge >= 0.3 is 12.1 Å². The number of anilines is 1. The molecule has 1 aromatic heterocycles. The number of fused-ring (bicyclic) bond motifs is 2. The molecule has 0 aliphatic carbocycles. The number of amides is 1. The van der Waals surface area contributed by atoms with Gasteiger partial charge in [0.05, 0.1) is 41.2 Å². The number of nitrogens with zero attached hydrogens (tertiary/aromatic N) is 4. The van der Waals surface area contributed by atoms with Gasteiger partial charge in [0.1, 0.15) is 28.8 Å². The fraction of sp³-hybridized carbons (Fsp3) is 0.459. The lowest BCUT2D eigenvalue weighted by atomic mass is 10.0. The van der Waals surface area contributed by atoms with Gasteiger partial charge in [-0.05, 0) is 53.7 Å². The van der Waals surface area contributed by atoms with E-state index in [0.29, 0.717) is 42.9 Å². The number of carbonyl (C=O) groups is 2. The Morgan fingerprint density at radius 1 is 1.04 bits per heavy atom. The minimum Gasteiger partial charge on any atom is -0.488 e. The summed E-state index contributed by atoms with van der Waals surface area (Å²) in [7, 11) is 1.37. The number of benzene rings is 3. The molecule has 47 heavy (non-hydrogen) atoms. The van der Waals surface area contributed by atoms with Crippen molar-refractivity contribution in [3.63, 3.8) is 0 Å². The Morgan fingerprint density at radius 3 is 2.30 bits per heavy atom. The Morgan fingerprint density at radius 2 is 1.70 bits per heavy atom. The topological polar surface area (TPSA) is 119 Å². The van der Waals surface area contributed by atoms with E-state index in [4.69, 9.17) is 19.2 Å². The number of piperidine rings is 1. The van der Waals surface area contributed by atoms with E-state index in [1.165, 1.54) is 7.11 Å². The number of rotatable bonds is 7. The summed E-state index contributed by atoms with van der Waals surface area (Å²) in [5, 5.41) is 15.0. The first kappa shape index (κ1) is 33.6. The summed E-state index contributed by atoms with van der Waals surface area (Å²) in [4.78, 5) is 32.4. The van der Waals surface area contributed by atoms with E-state index in [9.17, 15) is 14.9 Å². The number of likely N-dealkylation sites (tertiary alicyclic amines) is 1. The molecule has 10 nitrogen and oxygen atoms in total. The predicted octanol–water partition coefficient (Wildman–Crippen LogP) is 7.62. The third kappa shape index (κ3) is 6.71. The van der Waals surface area contributed by atoms with Gasteiger partial charge in [-0.2, -0.15) is 5.26 Å². The number of aromatic nitrogens is 2. The zero-order valence-electron chi connectivity index (χ0n) is 28.9. The number of aryl methyl sites for hydroxylation is 1. The minimum absolute atomic E-state index is 0.0701. The molecule has 0 unspecified atom stereocenters. The van der Waals surface area contributed by atoms with Crippen molar-refractivity contribution >= 4 is 39.6 Å². The van der Waals surface area contributed by atoms with Crippen molar-refractivity contribution in [1.82, 2.24) is 14.5 Å². The van der Waals surface area contributed by atoms with Crippen LogP contribution in [0.3, 0.4) is 0 Å². The number of methoxy groups -OCH3 is 1. The molecule has 0 radical (unpaired) electrons. The fourth-order valence-corrected chi connectivity index (χ4v) is 6.10. The van der Waals surface area contributed by atoms with Gasteiger partial charge in [-0.15, -0.1) is 0 Å². The molecule has 4 aromatic rings. The summed E-state index contributed by atoms with van der Waals surface area (Å²) in [6, 6.07) is 16.0. The van der Waals surface area contributed by atoms with Crippen molar-refractivity contribution < 1.29 is 23.8 Å². The average Bonchev–Trinajstić information content (AvgIpc) is 3.41. The number of nitrogens with one attached hydrogen (secondary N) is 1. The molecule has 1 saturated heterocycles. The molecule has 1 fully saturated rings. The first-order valence-corrected chi connectivity index (χ1v) is 16.1. The summed E-state index contributed by atoms with van der Waals surface area (Å²) in [6.45, 7) is 16.3. The fourth-order valence-electron chi connectivity index (χ4n) is 6.10. The molecule has 10 heteroatoms. The highest BCUT2D eigenvalue weighted by atomic mass is 16.6. The monoisotopic (exact) mass is 639 g/mol. The van der Waals surface area contributed by atoms with Crippen LogP contribution in [0.5, 0.6) is 5.75 Å². The second kappa shape index (κ2) is 12.8. The van der Waals surface area contributed by atoms with Crippen LogP contribution in [0.2, 0.25) is 0 Å². The highest BCUT2D eigenvalue weighted by molar-refractivity contribution is 5.98. The Bertz CT molecular complexity index is 1870. The molecule has 2 heterocycles. The molecule has 0 saturated carbocycles. The van der Waals surface area contributed by atoms with Gasteiger partial charge in [-0.3, -0.25) is 4.57 Å². The highest BCUT2D eigenvalue weighted by Crippen LogP contribution is 2.41. The maximum atomic E-state index is 12.8. The summed E-state index contributed by atoms with van der Waals surface area (Å²) >= 11 is 0. The highest BCUT2D eigenvalue weighted by Gasteiger charge is 2.33. The molecule has 0 spiro atoms. The molecule has 0 bridgehead atoms.